The van der Waals surface area contributed by atoms with Crippen molar-refractivity contribution in [2.75, 3.05) is 6.54 Å². The average molecular weight is 377 g/mol. The molecule has 8 heteroatoms. The van der Waals surface area contributed by atoms with Gasteiger partial charge in [-0.15, -0.1) is 0 Å². The van der Waals surface area contributed by atoms with E-state index in [1.807, 2.05) is 6.08 Å². The molecule has 2 amide bonds. The van der Waals surface area contributed by atoms with Gasteiger partial charge in [-0.2, -0.15) is 5.26 Å². The zero-order chi connectivity index (χ0) is 19.6. The summed E-state index contributed by atoms with van der Waals surface area (Å²) in [6.45, 7) is 4.27. The van der Waals surface area contributed by atoms with Gasteiger partial charge < -0.3 is 21.3 Å². The van der Waals surface area contributed by atoms with Crippen LogP contribution in [-0.4, -0.2) is 54.7 Å². The van der Waals surface area contributed by atoms with E-state index in [0.717, 1.165) is 12.8 Å². The van der Waals surface area contributed by atoms with Gasteiger partial charge in [0.2, 0.25) is 11.8 Å². The highest BCUT2D eigenvalue weighted by atomic mass is 19.1. The quantitative estimate of drug-likeness (QED) is 0.563. The molecule has 0 aromatic heterocycles. The number of rotatable bonds is 4. The van der Waals surface area contributed by atoms with Crippen molar-refractivity contribution < 1.29 is 14.0 Å². The molecule has 148 valence electrons. The Balaban J connectivity index is 1.55. The number of alkyl halides is 1. The molecular weight excluding hydrogens is 349 g/mol. The first-order valence-electron chi connectivity index (χ1n) is 9.71. The number of hydrogen-bond acceptors (Lipinski definition) is 5. The van der Waals surface area contributed by atoms with Crippen LogP contribution < -0.4 is 21.3 Å². The molecule has 3 aliphatic heterocycles. The highest BCUT2D eigenvalue weighted by Crippen LogP contribution is 2.22. The Bertz CT molecular complexity index is 661. The summed E-state index contributed by atoms with van der Waals surface area (Å²) in [4.78, 5) is 24.7. The highest BCUT2D eigenvalue weighted by molar-refractivity contribution is 5.99. The molecule has 6 unspecified atom stereocenters. The maximum Gasteiger partial charge on any atom is 0.247 e. The van der Waals surface area contributed by atoms with Crippen LogP contribution in [0.3, 0.4) is 0 Å². The Kier molecular flexibility index (Phi) is 6.12. The minimum absolute atomic E-state index is 0.0278. The number of carbonyl (C=O) groups excluding carboxylic acids is 2. The van der Waals surface area contributed by atoms with Gasteiger partial charge in [-0.25, -0.2) is 4.39 Å². The van der Waals surface area contributed by atoms with E-state index in [1.165, 1.54) is 0 Å². The van der Waals surface area contributed by atoms with Crippen molar-refractivity contribution in [1.29, 1.82) is 5.26 Å². The Morgan fingerprint density at radius 1 is 1.48 bits per heavy atom. The van der Waals surface area contributed by atoms with Crippen molar-refractivity contribution in [2.24, 2.45) is 5.92 Å². The maximum absolute atomic E-state index is 14.3. The van der Waals surface area contributed by atoms with Crippen molar-refractivity contribution in [1.82, 2.24) is 21.3 Å². The van der Waals surface area contributed by atoms with Crippen LogP contribution in [0.25, 0.3) is 0 Å². The fourth-order valence-corrected chi connectivity index (χ4v) is 4.22. The van der Waals surface area contributed by atoms with E-state index in [4.69, 9.17) is 5.26 Å². The van der Waals surface area contributed by atoms with Gasteiger partial charge in [0.1, 0.15) is 6.17 Å². The van der Waals surface area contributed by atoms with Crippen molar-refractivity contribution in [3.05, 3.63) is 11.6 Å². The zero-order valence-electron chi connectivity index (χ0n) is 15.8. The minimum atomic E-state index is -1.19. The number of piperidine rings is 2. The van der Waals surface area contributed by atoms with Gasteiger partial charge in [-0.3, -0.25) is 9.59 Å². The summed E-state index contributed by atoms with van der Waals surface area (Å²) in [5.74, 6) is -0.845. The summed E-state index contributed by atoms with van der Waals surface area (Å²) in [5, 5.41) is 21.1. The van der Waals surface area contributed by atoms with E-state index < -0.39 is 18.3 Å². The highest BCUT2D eigenvalue weighted by Gasteiger charge is 2.36. The average Bonchev–Trinajstić information content (AvgIpc) is 2.62. The predicted octanol–water partition coefficient (Wildman–Crippen LogP) is 0.286. The molecule has 3 heterocycles. The van der Waals surface area contributed by atoms with Gasteiger partial charge >= 0.3 is 0 Å². The third-order valence-corrected chi connectivity index (χ3v) is 5.77. The van der Waals surface area contributed by atoms with Crippen molar-refractivity contribution in [3.8, 4) is 6.07 Å². The summed E-state index contributed by atoms with van der Waals surface area (Å²) in [5.41, 5.74) is 0.445. The molecule has 0 spiro atoms. The van der Waals surface area contributed by atoms with Crippen molar-refractivity contribution in [3.63, 3.8) is 0 Å². The van der Waals surface area contributed by atoms with E-state index in [0.29, 0.717) is 18.2 Å². The summed E-state index contributed by atoms with van der Waals surface area (Å²) in [7, 11) is 0. The summed E-state index contributed by atoms with van der Waals surface area (Å²) >= 11 is 0. The van der Waals surface area contributed by atoms with Gasteiger partial charge in [-0.1, -0.05) is 6.08 Å². The largest absolute Gasteiger partial charge is 0.352 e. The SMILES string of the molecule is CC1CCC2NC(=O)C(CC(=O)N[C@@H](C)C3NCC(C#N)CC3F)=CC2N1. The van der Waals surface area contributed by atoms with Gasteiger partial charge in [0.15, 0.2) is 0 Å². The van der Waals surface area contributed by atoms with E-state index in [-0.39, 0.29) is 42.7 Å². The zero-order valence-corrected chi connectivity index (χ0v) is 15.8. The molecule has 0 bridgehead atoms. The lowest BCUT2D eigenvalue weighted by atomic mass is 9.88. The van der Waals surface area contributed by atoms with Gasteiger partial charge in [-0.05, 0) is 33.1 Å². The van der Waals surface area contributed by atoms with Crippen LogP contribution in [0.4, 0.5) is 4.39 Å². The molecule has 0 aromatic carbocycles. The predicted molar refractivity (Wildman–Crippen MR) is 98.3 cm³/mol. The summed E-state index contributed by atoms with van der Waals surface area (Å²) in [6, 6.07) is 1.61. The van der Waals surface area contributed by atoms with E-state index in [2.05, 4.69) is 34.3 Å². The van der Waals surface area contributed by atoms with Crippen LogP contribution in [0.15, 0.2) is 11.6 Å². The molecule has 0 radical (unpaired) electrons. The third kappa shape index (κ3) is 4.66. The topological polar surface area (TPSA) is 106 Å². The molecule has 4 N–H and O–H groups in total. The monoisotopic (exact) mass is 377 g/mol. The molecule has 0 saturated carbocycles. The standard InChI is InChI=1S/C19H28FN5O2/c1-10-3-4-15-16(23-10)6-13(19(27)25-15)7-17(26)24-11(2)18-14(20)5-12(8-21)9-22-18/h6,10-12,14-16,18,22-23H,3-5,7,9H2,1-2H3,(H,24,26)(H,25,27)/t10?,11-,12?,14?,15?,16?,18?/m0/s1. The molecule has 7 atom stereocenters. The Morgan fingerprint density at radius 2 is 2.26 bits per heavy atom. The molecule has 7 nitrogen and oxygen atoms in total. The molecule has 0 aliphatic carbocycles. The maximum atomic E-state index is 14.3. The van der Waals surface area contributed by atoms with Gasteiger partial charge in [0, 0.05) is 36.3 Å². The van der Waals surface area contributed by atoms with E-state index in [1.54, 1.807) is 6.92 Å². The minimum Gasteiger partial charge on any atom is -0.352 e. The fourth-order valence-electron chi connectivity index (χ4n) is 4.22. The van der Waals surface area contributed by atoms with Gasteiger partial charge in [0.05, 0.1) is 24.4 Å². The first kappa shape index (κ1) is 19.8. The van der Waals surface area contributed by atoms with E-state index >= 15 is 0 Å². The Hall–Kier alpha value is -1.98. The lowest BCUT2D eigenvalue weighted by Crippen LogP contribution is -2.59. The van der Waals surface area contributed by atoms with Crippen LogP contribution >= 0.6 is 0 Å². The number of carbonyl (C=O) groups is 2. The van der Waals surface area contributed by atoms with Crippen LogP contribution in [-0.2, 0) is 9.59 Å². The molecule has 3 rings (SSSR count). The molecule has 0 aromatic rings. The molecular formula is C19H28FN5O2. The smallest absolute Gasteiger partial charge is 0.247 e. The second-order valence-electron chi connectivity index (χ2n) is 7.99. The number of nitriles is 1. The van der Waals surface area contributed by atoms with Crippen molar-refractivity contribution >= 4 is 11.8 Å². The van der Waals surface area contributed by atoms with Crippen molar-refractivity contribution in [2.45, 2.75) is 75.9 Å². The van der Waals surface area contributed by atoms with Crippen LogP contribution in [0.1, 0.15) is 39.5 Å². The Morgan fingerprint density at radius 3 is 2.96 bits per heavy atom. The lowest BCUT2D eigenvalue weighted by molar-refractivity contribution is -0.124. The molecule has 27 heavy (non-hydrogen) atoms. The van der Waals surface area contributed by atoms with Crippen LogP contribution in [0, 0.1) is 17.2 Å². The fraction of sp³-hybridized carbons (Fsp3) is 0.737. The van der Waals surface area contributed by atoms with Crippen LogP contribution in [0.5, 0.6) is 0 Å². The first-order valence-corrected chi connectivity index (χ1v) is 9.71. The number of amides is 2. The normalized spacial score (nSPS) is 37.3. The second kappa shape index (κ2) is 8.36. The van der Waals surface area contributed by atoms with E-state index in [9.17, 15) is 14.0 Å². The van der Waals surface area contributed by atoms with Crippen LogP contribution in [0.2, 0.25) is 0 Å². The Labute approximate surface area is 159 Å². The number of fused-ring (bicyclic) bond motifs is 1. The number of nitrogens with zero attached hydrogens (tertiary/aromatic N) is 1. The first-order chi connectivity index (χ1) is 12.9. The summed E-state index contributed by atoms with van der Waals surface area (Å²) in [6.07, 6.45) is 2.75. The number of nitrogens with one attached hydrogen (secondary N) is 4. The third-order valence-electron chi connectivity index (χ3n) is 5.77. The van der Waals surface area contributed by atoms with Gasteiger partial charge in [0.25, 0.3) is 0 Å². The summed E-state index contributed by atoms with van der Waals surface area (Å²) < 4.78 is 14.3. The number of hydrogen-bond donors (Lipinski definition) is 4. The number of halogens is 1. The molecule has 2 saturated heterocycles. The molecule has 2 fully saturated rings. The lowest BCUT2D eigenvalue weighted by Gasteiger charge is -2.38. The second-order valence-corrected chi connectivity index (χ2v) is 7.99. The molecule has 3 aliphatic rings.